The van der Waals surface area contributed by atoms with Crippen molar-refractivity contribution in [3.63, 3.8) is 0 Å². The van der Waals surface area contributed by atoms with Gasteiger partial charge in [0.25, 0.3) is 5.91 Å². The normalized spacial score (nSPS) is 15.9. The largest absolute Gasteiger partial charge is 0.458 e. The van der Waals surface area contributed by atoms with E-state index < -0.39 is 18.6 Å². The molecule has 4 rings (SSSR count). The van der Waals surface area contributed by atoms with E-state index in [-0.39, 0.29) is 6.54 Å². The Labute approximate surface area is 203 Å². The molecule has 9 heteroatoms. The first-order chi connectivity index (χ1) is 16.9. The number of hydrogen-bond acceptors (Lipinski definition) is 7. The van der Waals surface area contributed by atoms with Gasteiger partial charge >= 0.3 is 0 Å². The third-order valence-corrected chi connectivity index (χ3v) is 5.77. The minimum Gasteiger partial charge on any atom is -0.458 e. The molecule has 35 heavy (non-hydrogen) atoms. The number of anilines is 2. The van der Waals surface area contributed by atoms with E-state index >= 15 is 0 Å². The summed E-state index contributed by atoms with van der Waals surface area (Å²) >= 11 is 0. The number of nitrogens with one attached hydrogen (secondary N) is 2. The van der Waals surface area contributed by atoms with Crippen molar-refractivity contribution < 1.29 is 19.7 Å². The Morgan fingerprint density at radius 1 is 1.37 bits per heavy atom. The van der Waals surface area contributed by atoms with Crippen LogP contribution in [0.15, 0.2) is 60.6 Å². The van der Waals surface area contributed by atoms with Crippen LogP contribution in [0.2, 0.25) is 0 Å². The Bertz CT molecular complexity index is 1330. The van der Waals surface area contributed by atoms with Crippen molar-refractivity contribution in [1.82, 2.24) is 14.9 Å². The fraction of sp³-hybridized carbons (Fsp3) is 0.269. The molecule has 1 amide bonds. The number of allylic oxidation sites excluding steroid dienone is 3. The molecule has 3 aromatic rings. The summed E-state index contributed by atoms with van der Waals surface area (Å²) in [5.41, 5.74) is 3.15. The van der Waals surface area contributed by atoms with Gasteiger partial charge < -0.3 is 25.6 Å². The number of aryl methyl sites for hydroxylation is 1. The van der Waals surface area contributed by atoms with E-state index in [1.165, 1.54) is 10.7 Å². The third-order valence-electron chi connectivity index (χ3n) is 5.77. The second kappa shape index (κ2) is 10.4. The van der Waals surface area contributed by atoms with Gasteiger partial charge in [0.2, 0.25) is 0 Å². The SMILES string of the molecule is Cc1c(C(=O)NCC(O)CO)cn2ncc(C#N)c(Nc3ccc(OC4=CCC(C)C=C4)cc3)c12. The van der Waals surface area contributed by atoms with Gasteiger partial charge in [-0.15, -0.1) is 0 Å². The molecular formula is C26H27N5O4. The summed E-state index contributed by atoms with van der Waals surface area (Å²) in [4.78, 5) is 12.6. The van der Waals surface area contributed by atoms with Gasteiger partial charge in [-0.25, -0.2) is 4.52 Å². The Morgan fingerprint density at radius 3 is 2.80 bits per heavy atom. The van der Waals surface area contributed by atoms with Crippen molar-refractivity contribution in [1.29, 1.82) is 5.26 Å². The van der Waals surface area contributed by atoms with Crippen molar-refractivity contribution in [2.75, 3.05) is 18.5 Å². The number of aliphatic hydroxyl groups excluding tert-OH is 2. The van der Waals surface area contributed by atoms with Gasteiger partial charge in [-0.2, -0.15) is 10.4 Å². The van der Waals surface area contributed by atoms with E-state index in [2.05, 4.69) is 40.9 Å². The van der Waals surface area contributed by atoms with Crippen LogP contribution in [-0.4, -0.2) is 45.0 Å². The number of benzene rings is 1. The molecule has 1 aliphatic rings. The fourth-order valence-electron chi connectivity index (χ4n) is 3.77. The minimum absolute atomic E-state index is 0.0803. The highest BCUT2D eigenvalue weighted by molar-refractivity contribution is 6.00. The zero-order valence-corrected chi connectivity index (χ0v) is 19.5. The van der Waals surface area contributed by atoms with E-state index in [1.807, 2.05) is 30.3 Å². The Kier molecular flexibility index (Phi) is 7.15. The summed E-state index contributed by atoms with van der Waals surface area (Å²) in [5, 5.41) is 38.3. The van der Waals surface area contributed by atoms with Crippen LogP contribution < -0.4 is 15.4 Å². The molecule has 2 aromatic heterocycles. The molecule has 9 nitrogen and oxygen atoms in total. The number of rotatable bonds is 8. The Morgan fingerprint density at radius 2 is 2.14 bits per heavy atom. The fourth-order valence-corrected chi connectivity index (χ4v) is 3.77. The first-order valence-electron chi connectivity index (χ1n) is 11.3. The zero-order valence-electron chi connectivity index (χ0n) is 19.5. The predicted octanol–water partition coefficient (Wildman–Crippen LogP) is 3.20. The molecule has 2 atom stereocenters. The van der Waals surface area contributed by atoms with Gasteiger partial charge in [-0.1, -0.05) is 13.0 Å². The molecule has 4 N–H and O–H groups in total. The summed E-state index contributed by atoms with van der Waals surface area (Å²) in [6.45, 7) is 3.39. The number of carbonyl (C=O) groups is 1. The summed E-state index contributed by atoms with van der Waals surface area (Å²) in [7, 11) is 0. The van der Waals surface area contributed by atoms with Crippen LogP contribution >= 0.6 is 0 Å². The van der Waals surface area contributed by atoms with Crippen LogP contribution in [0, 0.1) is 24.2 Å². The number of ether oxygens (including phenoxy) is 1. The van der Waals surface area contributed by atoms with Gasteiger partial charge in [-0.05, 0) is 61.2 Å². The summed E-state index contributed by atoms with van der Waals surface area (Å²) < 4.78 is 7.46. The molecule has 0 saturated carbocycles. The lowest BCUT2D eigenvalue weighted by molar-refractivity contribution is 0.0801. The number of fused-ring (bicyclic) bond motifs is 1. The highest BCUT2D eigenvalue weighted by atomic mass is 16.5. The number of amides is 1. The van der Waals surface area contributed by atoms with Crippen molar-refractivity contribution in [3.8, 4) is 11.8 Å². The first kappa shape index (κ1) is 24.0. The van der Waals surface area contributed by atoms with E-state index in [1.54, 1.807) is 13.1 Å². The average molecular weight is 474 g/mol. The molecule has 0 fully saturated rings. The average Bonchev–Trinajstić information content (AvgIpc) is 3.21. The second-order valence-corrected chi connectivity index (χ2v) is 8.48. The topological polar surface area (TPSA) is 132 Å². The molecule has 1 aliphatic carbocycles. The van der Waals surface area contributed by atoms with Crippen molar-refractivity contribution in [3.05, 3.63) is 77.3 Å². The lowest BCUT2D eigenvalue weighted by atomic mass is 10.0. The van der Waals surface area contributed by atoms with E-state index in [0.29, 0.717) is 39.6 Å². The number of hydrogen-bond donors (Lipinski definition) is 4. The van der Waals surface area contributed by atoms with Crippen molar-refractivity contribution in [2.24, 2.45) is 5.92 Å². The van der Waals surface area contributed by atoms with Gasteiger partial charge in [0.1, 0.15) is 17.6 Å². The zero-order chi connectivity index (χ0) is 24.9. The summed E-state index contributed by atoms with van der Waals surface area (Å²) in [6, 6.07) is 9.54. The van der Waals surface area contributed by atoms with Gasteiger partial charge in [0, 0.05) is 18.4 Å². The Hall–Kier alpha value is -4.13. The number of nitrogens with zero attached hydrogens (tertiary/aromatic N) is 3. The molecular weight excluding hydrogens is 446 g/mol. The first-order valence-corrected chi connectivity index (χ1v) is 11.3. The molecule has 2 heterocycles. The van der Waals surface area contributed by atoms with Gasteiger partial charge in [0.05, 0.1) is 41.2 Å². The van der Waals surface area contributed by atoms with Gasteiger partial charge in [-0.3, -0.25) is 4.79 Å². The molecule has 0 bridgehead atoms. The van der Waals surface area contributed by atoms with Crippen LogP contribution in [-0.2, 0) is 0 Å². The lowest BCUT2D eigenvalue weighted by Crippen LogP contribution is -2.34. The molecule has 1 aromatic carbocycles. The number of nitriles is 1. The highest BCUT2D eigenvalue weighted by Crippen LogP contribution is 2.31. The highest BCUT2D eigenvalue weighted by Gasteiger charge is 2.20. The van der Waals surface area contributed by atoms with Crippen molar-refractivity contribution >= 4 is 22.8 Å². The Balaban J connectivity index is 1.58. The molecule has 0 spiro atoms. The number of aliphatic hydroxyl groups is 2. The predicted molar refractivity (Wildman–Crippen MR) is 131 cm³/mol. The molecule has 0 aliphatic heterocycles. The minimum atomic E-state index is -1.04. The van der Waals surface area contributed by atoms with Crippen molar-refractivity contribution in [2.45, 2.75) is 26.4 Å². The smallest absolute Gasteiger partial charge is 0.253 e. The van der Waals surface area contributed by atoms with E-state index in [4.69, 9.17) is 9.84 Å². The second-order valence-electron chi connectivity index (χ2n) is 8.48. The monoisotopic (exact) mass is 473 g/mol. The molecule has 0 saturated heterocycles. The maximum atomic E-state index is 12.6. The third kappa shape index (κ3) is 5.35. The number of carbonyl (C=O) groups excluding carboxylic acids is 1. The van der Waals surface area contributed by atoms with E-state index in [9.17, 15) is 15.2 Å². The van der Waals surface area contributed by atoms with Crippen LogP contribution in [0.5, 0.6) is 5.75 Å². The summed E-state index contributed by atoms with van der Waals surface area (Å²) in [5.74, 6) is 1.61. The maximum absolute atomic E-state index is 12.6. The molecule has 180 valence electrons. The maximum Gasteiger partial charge on any atom is 0.253 e. The van der Waals surface area contributed by atoms with Gasteiger partial charge in [0.15, 0.2) is 0 Å². The van der Waals surface area contributed by atoms with Crippen LogP contribution in [0.1, 0.15) is 34.8 Å². The standard InChI is InChI=1S/C26H27N5O4/c1-16-3-7-21(8-4-16)35-22-9-5-19(6-10-22)30-24-18(11-27)12-29-31-14-23(17(2)25(24)31)26(34)28-13-20(33)15-32/h3,5-10,12,14,16,20,30,32-33H,4,13,15H2,1-2H3,(H,28,34). The molecule has 0 radical (unpaired) electrons. The lowest BCUT2D eigenvalue weighted by Gasteiger charge is -2.14. The quantitative estimate of drug-likeness (QED) is 0.395. The number of aromatic nitrogens is 2. The van der Waals surface area contributed by atoms with Crippen LogP contribution in [0.25, 0.3) is 5.52 Å². The molecule has 2 unspecified atom stereocenters. The van der Waals surface area contributed by atoms with Crippen LogP contribution in [0.3, 0.4) is 0 Å². The van der Waals surface area contributed by atoms with Crippen LogP contribution in [0.4, 0.5) is 11.4 Å². The summed E-state index contributed by atoms with van der Waals surface area (Å²) in [6.07, 6.45) is 9.06. The van der Waals surface area contributed by atoms with E-state index in [0.717, 1.165) is 17.9 Å².